The van der Waals surface area contributed by atoms with Crippen LogP contribution in [0, 0.1) is 17.5 Å². The van der Waals surface area contributed by atoms with Gasteiger partial charge in [-0.2, -0.15) is 0 Å². The van der Waals surface area contributed by atoms with E-state index in [9.17, 15) is 18.0 Å². The van der Waals surface area contributed by atoms with Crippen LogP contribution in [0.4, 0.5) is 13.2 Å². The number of ketones is 1. The zero-order chi connectivity index (χ0) is 13.3. The van der Waals surface area contributed by atoms with Crippen molar-refractivity contribution >= 4 is 21.7 Å². The predicted molar refractivity (Wildman–Crippen MR) is 63.9 cm³/mol. The largest absolute Gasteiger partial charge is 0.288 e. The van der Waals surface area contributed by atoms with Crippen LogP contribution in [0.1, 0.15) is 15.9 Å². The first-order valence-electron chi connectivity index (χ1n) is 4.94. The van der Waals surface area contributed by atoms with Crippen molar-refractivity contribution < 1.29 is 18.0 Å². The maximum atomic E-state index is 13.4. The molecule has 0 aliphatic heterocycles. The lowest BCUT2D eigenvalue weighted by Gasteiger charge is -2.05. The fraction of sp³-hybridized carbons (Fsp3) is 0. The second kappa shape index (κ2) is 4.94. The molecule has 0 saturated heterocycles. The lowest BCUT2D eigenvalue weighted by molar-refractivity contribution is 0.103. The lowest BCUT2D eigenvalue weighted by Crippen LogP contribution is -2.06. The highest BCUT2D eigenvalue weighted by Crippen LogP contribution is 2.22. The van der Waals surface area contributed by atoms with Crippen LogP contribution in [0.5, 0.6) is 0 Å². The van der Waals surface area contributed by atoms with Crippen molar-refractivity contribution in [2.75, 3.05) is 0 Å². The summed E-state index contributed by atoms with van der Waals surface area (Å²) in [7, 11) is 0. The Morgan fingerprint density at radius 3 is 2.17 bits per heavy atom. The first-order valence-corrected chi connectivity index (χ1v) is 5.73. The van der Waals surface area contributed by atoms with Gasteiger partial charge >= 0.3 is 0 Å². The highest BCUT2D eigenvalue weighted by molar-refractivity contribution is 9.10. The summed E-state index contributed by atoms with van der Waals surface area (Å²) < 4.78 is 39.6. The lowest BCUT2D eigenvalue weighted by atomic mass is 10.0. The number of carbonyl (C=O) groups is 1. The summed E-state index contributed by atoms with van der Waals surface area (Å²) in [5.41, 5.74) is -0.316. The molecule has 1 nitrogen and oxygen atoms in total. The summed E-state index contributed by atoms with van der Waals surface area (Å²) in [5, 5.41) is 0. The minimum Gasteiger partial charge on any atom is -0.288 e. The minimum absolute atomic E-state index is 0.0134. The van der Waals surface area contributed by atoms with Crippen LogP contribution in [0.15, 0.2) is 40.9 Å². The average Bonchev–Trinajstić information content (AvgIpc) is 2.31. The van der Waals surface area contributed by atoms with E-state index < -0.39 is 23.2 Å². The van der Waals surface area contributed by atoms with Crippen molar-refractivity contribution in [2.24, 2.45) is 0 Å². The summed E-state index contributed by atoms with van der Waals surface area (Å²) in [6.07, 6.45) is 0. The van der Waals surface area contributed by atoms with Crippen LogP contribution in [0.2, 0.25) is 0 Å². The fourth-order valence-electron chi connectivity index (χ4n) is 1.49. The van der Waals surface area contributed by atoms with Crippen LogP contribution in [-0.2, 0) is 0 Å². The van der Waals surface area contributed by atoms with Crippen molar-refractivity contribution in [1.29, 1.82) is 0 Å². The molecule has 0 saturated carbocycles. The van der Waals surface area contributed by atoms with E-state index in [4.69, 9.17) is 0 Å². The van der Waals surface area contributed by atoms with Crippen molar-refractivity contribution in [3.05, 3.63) is 69.4 Å². The molecule has 0 amide bonds. The van der Waals surface area contributed by atoms with E-state index in [1.165, 1.54) is 12.1 Å². The van der Waals surface area contributed by atoms with Crippen molar-refractivity contribution in [3.8, 4) is 0 Å². The molecule has 18 heavy (non-hydrogen) atoms. The number of carbonyl (C=O) groups excluding carboxylic acids is 1. The van der Waals surface area contributed by atoms with Gasteiger partial charge in [0, 0.05) is 16.1 Å². The molecule has 2 aromatic carbocycles. The van der Waals surface area contributed by atoms with Gasteiger partial charge in [-0.1, -0.05) is 15.9 Å². The Morgan fingerprint density at radius 1 is 0.889 bits per heavy atom. The molecule has 0 bridgehead atoms. The van der Waals surface area contributed by atoms with Gasteiger partial charge in [0.25, 0.3) is 0 Å². The molecule has 0 aliphatic rings. The Balaban J connectivity index is 2.51. The molecule has 2 rings (SSSR count). The van der Waals surface area contributed by atoms with E-state index >= 15 is 0 Å². The Labute approximate surface area is 109 Å². The summed E-state index contributed by atoms with van der Waals surface area (Å²) >= 11 is 3.08. The molecule has 0 heterocycles. The molecule has 5 heteroatoms. The number of halogens is 4. The molecule has 0 N–H and O–H groups in total. The van der Waals surface area contributed by atoms with Gasteiger partial charge in [0.15, 0.2) is 5.78 Å². The van der Waals surface area contributed by atoms with E-state index in [1.54, 1.807) is 0 Å². The number of hydrogen-bond donors (Lipinski definition) is 0. The smallest absolute Gasteiger partial charge is 0.197 e. The van der Waals surface area contributed by atoms with Gasteiger partial charge in [0.1, 0.15) is 17.5 Å². The van der Waals surface area contributed by atoms with Crippen LogP contribution in [0.3, 0.4) is 0 Å². The van der Waals surface area contributed by atoms with Crippen molar-refractivity contribution in [2.45, 2.75) is 0 Å². The highest BCUT2D eigenvalue weighted by atomic mass is 79.9. The van der Waals surface area contributed by atoms with Crippen molar-refractivity contribution in [1.82, 2.24) is 0 Å². The monoisotopic (exact) mass is 314 g/mol. The second-order valence-electron chi connectivity index (χ2n) is 3.58. The van der Waals surface area contributed by atoms with Gasteiger partial charge in [0.2, 0.25) is 0 Å². The van der Waals surface area contributed by atoms with Crippen LogP contribution >= 0.6 is 15.9 Å². The van der Waals surface area contributed by atoms with E-state index in [0.29, 0.717) is 10.5 Å². The summed E-state index contributed by atoms with van der Waals surface area (Å²) in [6.45, 7) is 0. The molecule has 0 radical (unpaired) electrons. The van der Waals surface area contributed by atoms with Gasteiger partial charge < -0.3 is 0 Å². The maximum absolute atomic E-state index is 13.4. The molecule has 0 aliphatic carbocycles. The predicted octanol–water partition coefficient (Wildman–Crippen LogP) is 4.10. The van der Waals surface area contributed by atoms with Gasteiger partial charge in [-0.25, -0.2) is 13.2 Å². The summed E-state index contributed by atoms with van der Waals surface area (Å²) in [6, 6.07) is 6.13. The Bertz CT molecular complexity index is 626. The van der Waals surface area contributed by atoms with Gasteiger partial charge in [-0.3, -0.25) is 4.79 Å². The molecule has 92 valence electrons. The molecular weight excluding hydrogens is 309 g/mol. The van der Waals surface area contributed by atoms with Crippen molar-refractivity contribution in [3.63, 3.8) is 0 Å². The molecule has 0 aromatic heterocycles. The first-order chi connectivity index (χ1) is 8.49. The Hall–Kier alpha value is -1.62. The topological polar surface area (TPSA) is 17.1 Å². The third-order valence-electron chi connectivity index (χ3n) is 2.35. The summed E-state index contributed by atoms with van der Waals surface area (Å²) in [5.74, 6) is -3.07. The molecule has 0 unspecified atom stereocenters. The zero-order valence-corrected chi connectivity index (χ0v) is 10.5. The van der Waals surface area contributed by atoms with Crippen LogP contribution < -0.4 is 0 Å². The molecular formula is C13H6BrF3O. The van der Waals surface area contributed by atoms with E-state index in [1.807, 2.05) is 0 Å². The SMILES string of the molecule is O=C(c1ccc(F)cc1F)c1cc(F)ccc1Br. The normalized spacial score (nSPS) is 10.4. The Kier molecular flexibility index (Phi) is 3.52. The second-order valence-corrected chi connectivity index (χ2v) is 4.43. The van der Waals surface area contributed by atoms with E-state index in [0.717, 1.165) is 18.2 Å². The fourth-order valence-corrected chi connectivity index (χ4v) is 1.92. The average molecular weight is 315 g/mol. The molecule has 0 fully saturated rings. The number of hydrogen-bond acceptors (Lipinski definition) is 1. The highest BCUT2D eigenvalue weighted by Gasteiger charge is 2.17. The van der Waals surface area contributed by atoms with Gasteiger partial charge in [-0.05, 0) is 30.3 Å². The first kappa shape index (κ1) is 12.8. The zero-order valence-electron chi connectivity index (χ0n) is 8.88. The number of rotatable bonds is 2. The van der Waals surface area contributed by atoms with Gasteiger partial charge in [0.05, 0.1) is 5.56 Å². The number of benzene rings is 2. The quantitative estimate of drug-likeness (QED) is 0.763. The van der Waals surface area contributed by atoms with E-state index in [2.05, 4.69) is 15.9 Å². The van der Waals surface area contributed by atoms with Crippen LogP contribution in [-0.4, -0.2) is 5.78 Å². The third kappa shape index (κ3) is 2.46. The molecule has 2 aromatic rings. The third-order valence-corrected chi connectivity index (χ3v) is 3.04. The molecule has 0 spiro atoms. The Morgan fingerprint density at radius 2 is 1.50 bits per heavy atom. The minimum atomic E-state index is -0.976. The summed E-state index contributed by atoms with van der Waals surface area (Å²) in [4.78, 5) is 12.0. The molecule has 0 atom stereocenters. The van der Waals surface area contributed by atoms with E-state index in [-0.39, 0.29) is 11.1 Å². The van der Waals surface area contributed by atoms with Gasteiger partial charge in [-0.15, -0.1) is 0 Å². The standard InChI is InChI=1S/C13H6BrF3O/c14-11-4-2-7(15)5-10(11)13(18)9-3-1-8(16)6-12(9)17/h1-6H. The maximum Gasteiger partial charge on any atom is 0.197 e. The van der Waals surface area contributed by atoms with Crippen LogP contribution in [0.25, 0.3) is 0 Å².